The molecular formula is C17H15BrO4. The van der Waals surface area contributed by atoms with E-state index in [0.717, 1.165) is 10.0 Å². The zero-order chi connectivity index (χ0) is 15.9. The number of ether oxygens (including phenoxy) is 2. The normalized spacial score (nSPS) is 10.1. The second kappa shape index (κ2) is 7.75. The maximum atomic E-state index is 11.8. The molecule has 0 aliphatic rings. The topological polar surface area (TPSA) is 52.6 Å². The van der Waals surface area contributed by atoms with E-state index in [2.05, 4.69) is 15.9 Å². The van der Waals surface area contributed by atoms with Gasteiger partial charge in [-0.1, -0.05) is 45.8 Å². The Hall–Kier alpha value is -2.14. The first kappa shape index (κ1) is 16.2. The molecule has 0 aliphatic carbocycles. The van der Waals surface area contributed by atoms with Gasteiger partial charge >= 0.3 is 5.97 Å². The molecule has 4 nitrogen and oxygen atoms in total. The summed E-state index contributed by atoms with van der Waals surface area (Å²) in [4.78, 5) is 23.4. The fraction of sp³-hybridized carbons (Fsp3) is 0.176. The Kier molecular flexibility index (Phi) is 5.72. The number of rotatable bonds is 6. The summed E-state index contributed by atoms with van der Waals surface area (Å²) in [7, 11) is 0. The zero-order valence-corrected chi connectivity index (χ0v) is 13.6. The molecule has 0 atom stereocenters. The van der Waals surface area contributed by atoms with Crippen LogP contribution in [0.1, 0.15) is 15.9 Å². The monoisotopic (exact) mass is 362 g/mol. The number of carbonyl (C=O) groups is 2. The molecular weight excluding hydrogens is 348 g/mol. The van der Waals surface area contributed by atoms with Gasteiger partial charge in [-0.2, -0.15) is 0 Å². The van der Waals surface area contributed by atoms with Gasteiger partial charge in [0.2, 0.25) is 0 Å². The maximum absolute atomic E-state index is 11.8. The summed E-state index contributed by atoms with van der Waals surface area (Å²) < 4.78 is 11.1. The average Bonchev–Trinajstić information content (AvgIpc) is 2.52. The first-order valence-corrected chi connectivity index (χ1v) is 7.48. The Bertz CT molecular complexity index is 647. The molecule has 0 saturated heterocycles. The van der Waals surface area contributed by atoms with Crippen molar-refractivity contribution in [3.63, 3.8) is 0 Å². The average molecular weight is 363 g/mol. The predicted molar refractivity (Wildman–Crippen MR) is 86.1 cm³/mol. The van der Waals surface area contributed by atoms with E-state index in [9.17, 15) is 9.59 Å². The third kappa shape index (κ3) is 5.00. The fourth-order valence-electron chi connectivity index (χ4n) is 1.68. The summed E-state index contributed by atoms with van der Waals surface area (Å²) in [6, 6.07) is 14.2. The molecule has 0 saturated carbocycles. The van der Waals surface area contributed by atoms with E-state index in [1.165, 1.54) is 0 Å². The molecule has 0 bridgehead atoms. The lowest BCUT2D eigenvalue weighted by atomic mass is 10.1. The van der Waals surface area contributed by atoms with Gasteiger partial charge in [0.05, 0.1) is 0 Å². The lowest BCUT2D eigenvalue weighted by molar-refractivity contribution is -0.144. The summed E-state index contributed by atoms with van der Waals surface area (Å²) in [5.41, 5.74) is 1.60. The molecule has 0 aromatic heterocycles. The van der Waals surface area contributed by atoms with E-state index in [-0.39, 0.29) is 19.0 Å². The van der Waals surface area contributed by atoms with Crippen molar-refractivity contribution in [3.05, 3.63) is 64.1 Å². The van der Waals surface area contributed by atoms with Gasteiger partial charge in [-0.3, -0.25) is 4.79 Å². The van der Waals surface area contributed by atoms with Gasteiger partial charge in [0.25, 0.3) is 0 Å². The SMILES string of the molecule is Cc1ccc(OCC(=O)OCC(=O)c2ccc(Br)cc2)cc1. The van der Waals surface area contributed by atoms with Crippen LogP contribution in [0.5, 0.6) is 5.75 Å². The Morgan fingerprint density at radius 3 is 2.23 bits per heavy atom. The van der Waals surface area contributed by atoms with Crippen LogP contribution >= 0.6 is 15.9 Å². The largest absolute Gasteiger partial charge is 0.482 e. The third-order valence-corrected chi connectivity index (χ3v) is 3.44. The number of carbonyl (C=O) groups excluding carboxylic acids is 2. The van der Waals surface area contributed by atoms with Crippen molar-refractivity contribution in [2.24, 2.45) is 0 Å². The first-order chi connectivity index (χ1) is 10.5. The lowest BCUT2D eigenvalue weighted by Gasteiger charge is -2.07. The Morgan fingerprint density at radius 2 is 1.59 bits per heavy atom. The minimum atomic E-state index is -0.578. The number of ketones is 1. The number of esters is 1. The van der Waals surface area contributed by atoms with E-state index in [1.807, 2.05) is 19.1 Å². The molecule has 0 aliphatic heterocycles. The molecule has 2 aromatic carbocycles. The molecule has 114 valence electrons. The van der Waals surface area contributed by atoms with Crippen molar-refractivity contribution in [2.75, 3.05) is 13.2 Å². The van der Waals surface area contributed by atoms with Gasteiger partial charge in [-0.15, -0.1) is 0 Å². The number of aryl methyl sites for hydroxylation is 1. The summed E-state index contributed by atoms with van der Waals surface area (Å²) in [5.74, 6) is -0.246. The first-order valence-electron chi connectivity index (χ1n) is 6.68. The van der Waals surface area contributed by atoms with Gasteiger partial charge in [0.15, 0.2) is 19.0 Å². The third-order valence-electron chi connectivity index (χ3n) is 2.91. The highest BCUT2D eigenvalue weighted by Crippen LogP contribution is 2.12. The van der Waals surface area contributed by atoms with Crippen LogP contribution in [0.3, 0.4) is 0 Å². The molecule has 5 heteroatoms. The van der Waals surface area contributed by atoms with Crippen LogP contribution in [-0.2, 0) is 9.53 Å². The number of Topliss-reactive ketones (excluding diaryl/α,β-unsaturated/α-hetero) is 1. The van der Waals surface area contributed by atoms with Crippen molar-refractivity contribution in [3.8, 4) is 5.75 Å². The van der Waals surface area contributed by atoms with Gasteiger partial charge in [-0.25, -0.2) is 4.79 Å². The molecule has 0 fully saturated rings. The predicted octanol–water partition coefficient (Wildman–Crippen LogP) is 3.56. The minimum Gasteiger partial charge on any atom is -0.482 e. The summed E-state index contributed by atoms with van der Waals surface area (Å²) in [5, 5.41) is 0. The van der Waals surface area contributed by atoms with Gasteiger partial charge < -0.3 is 9.47 Å². The van der Waals surface area contributed by atoms with Crippen LogP contribution in [0, 0.1) is 6.92 Å². The standard InChI is InChI=1S/C17H15BrO4/c1-12-2-8-15(9-3-12)21-11-17(20)22-10-16(19)13-4-6-14(18)7-5-13/h2-9H,10-11H2,1H3. The molecule has 0 spiro atoms. The number of hydrogen-bond acceptors (Lipinski definition) is 4. The number of benzene rings is 2. The Balaban J connectivity index is 1.76. The van der Waals surface area contributed by atoms with Crippen LogP contribution in [0.25, 0.3) is 0 Å². The highest BCUT2D eigenvalue weighted by atomic mass is 79.9. The second-order valence-corrected chi connectivity index (χ2v) is 5.61. The van der Waals surface area contributed by atoms with E-state index in [4.69, 9.17) is 9.47 Å². The Morgan fingerprint density at radius 1 is 0.955 bits per heavy atom. The van der Waals surface area contributed by atoms with Crippen molar-refractivity contribution < 1.29 is 19.1 Å². The number of halogens is 1. The van der Waals surface area contributed by atoms with Gasteiger partial charge in [0, 0.05) is 10.0 Å². The van der Waals surface area contributed by atoms with Crippen molar-refractivity contribution in [1.29, 1.82) is 0 Å². The number of hydrogen-bond donors (Lipinski definition) is 0. The molecule has 0 amide bonds. The van der Waals surface area contributed by atoms with E-state index < -0.39 is 5.97 Å². The van der Waals surface area contributed by atoms with E-state index >= 15 is 0 Å². The molecule has 0 heterocycles. The highest BCUT2D eigenvalue weighted by Gasteiger charge is 2.10. The van der Waals surface area contributed by atoms with E-state index in [0.29, 0.717) is 11.3 Å². The molecule has 0 radical (unpaired) electrons. The molecule has 22 heavy (non-hydrogen) atoms. The summed E-state index contributed by atoms with van der Waals surface area (Å²) in [6.07, 6.45) is 0. The van der Waals surface area contributed by atoms with Crippen LogP contribution < -0.4 is 4.74 Å². The molecule has 2 rings (SSSR count). The van der Waals surface area contributed by atoms with Gasteiger partial charge in [-0.05, 0) is 31.2 Å². The second-order valence-electron chi connectivity index (χ2n) is 4.69. The smallest absolute Gasteiger partial charge is 0.344 e. The van der Waals surface area contributed by atoms with Crippen LogP contribution in [0.4, 0.5) is 0 Å². The van der Waals surface area contributed by atoms with Gasteiger partial charge in [0.1, 0.15) is 5.75 Å². The van der Waals surface area contributed by atoms with Crippen LogP contribution in [0.15, 0.2) is 53.0 Å². The molecule has 2 aromatic rings. The van der Waals surface area contributed by atoms with Crippen LogP contribution in [0.2, 0.25) is 0 Å². The quantitative estimate of drug-likeness (QED) is 0.582. The molecule has 0 N–H and O–H groups in total. The minimum absolute atomic E-state index is 0.226. The lowest BCUT2D eigenvalue weighted by Crippen LogP contribution is -2.19. The summed E-state index contributed by atoms with van der Waals surface area (Å²) >= 11 is 3.29. The maximum Gasteiger partial charge on any atom is 0.344 e. The van der Waals surface area contributed by atoms with Crippen LogP contribution in [-0.4, -0.2) is 25.0 Å². The summed E-state index contributed by atoms with van der Waals surface area (Å²) in [6.45, 7) is 1.44. The zero-order valence-electron chi connectivity index (χ0n) is 12.0. The highest BCUT2D eigenvalue weighted by molar-refractivity contribution is 9.10. The molecule has 0 unspecified atom stereocenters. The van der Waals surface area contributed by atoms with Crippen molar-refractivity contribution in [2.45, 2.75) is 6.92 Å². The van der Waals surface area contributed by atoms with Crippen molar-refractivity contribution >= 4 is 27.7 Å². The van der Waals surface area contributed by atoms with Crippen molar-refractivity contribution in [1.82, 2.24) is 0 Å². The Labute approximate surface area is 137 Å². The van der Waals surface area contributed by atoms with E-state index in [1.54, 1.807) is 36.4 Å². The fourth-order valence-corrected chi connectivity index (χ4v) is 1.95.